The number of hydrogen-bond donors (Lipinski definition) is 2. The highest BCUT2D eigenvalue weighted by atomic mass is 127. The number of benzene rings is 3. The minimum atomic E-state index is -0.514. The van der Waals surface area contributed by atoms with Gasteiger partial charge in [-0.25, -0.2) is 9.37 Å². The van der Waals surface area contributed by atoms with Crippen molar-refractivity contribution in [2.24, 2.45) is 0 Å². The van der Waals surface area contributed by atoms with Crippen molar-refractivity contribution in [3.05, 3.63) is 93.3 Å². The van der Waals surface area contributed by atoms with Crippen molar-refractivity contribution in [3.63, 3.8) is 0 Å². The molecule has 0 saturated carbocycles. The Balaban J connectivity index is 1.89. The summed E-state index contributed by atoms with van der Waals surface area (Å²) >= 11 is 1.89. The molecule has 0 radical (unpaired) electrons. The summed E-state index contributed by atoms with van der Waals surface area (Å²) < 4.78 is 15.4. The van der Waals surface area contributed by atoms with Gasteiger partial charge in [0.1, 0.15) is 11.2 Å². The number of pyridine rings is 1. The van der Waals surface area contributed by atoms with Gasteiger partial charge in [0.15, 0.2) is 11.6 Å². The Morgan fingerprint density at radius 3 is 2.35 bits per heavy atom. The summed E-state index contributed by atoms with van der Waals surface area (Å²) in [6.45, 7) is 1.97. The summed E-state index contributed by atoms with van der Waals surface area (Å²) in [6, 6.07) is 21.5. The zero-order valence-corrected chi connectivity index (χ0v) is 18.9. The molecule has 156 valence electrons. The predicted molar refractivity (Wildman–Crippen MR) is 128 cm³/mol. The van der Waals surface area contributed by atoms with Gasteiger partial charge in [-0.05, 0) is 40.6 Å². The summed E-state index contributed by atoms with van der Waals surface area (Å²) in [6.07, 6.45) is 0.664. The molecule has 3 aromatic carbocycles. The van der Waals surface area contributed by atoms with E-state index >= 15 is 0 Å². The maximum Gasteiger partial charge on any atom is 0.256 e. The highest BCUT2D eigenvalue weighted by molar-refractivity contribution is 14.1. The van der Waals surface area contributed by atoms with Crippen LogP contribution in [0.5, 0.6) is 5.75 Å². The zero-order chi connectivity index (χ0) is 22.0. The lowest BCUT2D eigenvalue weighted by Crippen LogP contribution is -2.28. The number of hydrogen-bond acceptors (Lipinski definition) is 3. The molecule has 6 heteroatoms. The number of nitrogens with one attached hydrogen (secondary N) is 1. The molecule has 0 aliphatic carbocycles. The summed E-state index contributed by atoms with van der Waals surface area (Å²) in [7, 11) is 0. The number of nitrogens with zero attached hydrogens (tertiary/aromatic N) is 1. The first-order valence-electron chi connectivity index (χ1n) is 9.93. The van der Waals surface area contributed by atoms with Crippen molar-refractivity contribution in [1.29, 1.82) is 0 Å². The second kappa shape index (κ2) is 9.01. The molecule has 31 heavy (non-hydrogen) atoms. The van der Waals surface area contributed by atoms with Crippen LogP contribution >= 0.6 is 22.6 Å². The third kappa shape index (κ3) is 4.12. The van der Waals surface area contributed by atoms with Gasteiger partial charge in [0.05, 0.1) is 15.2 Å². The normalized spacial score (nSPS) is 12.0. The zero-order valence-electron chi connectivity index (χ0n) is 16.8. The predicted octanol–water partition coefficient (Wildman–Crippen LogP) is 6.23. The maximum absolute atomic E-state index is 15.0. The van der Waals surface area contributed by atoms with Gasteiger partial charge in [-0.3, -0.25) is 4.79 Å². The Kier molecular flexibility index (Phi) is 6.18. The van der Waals surface area contributed by atoms with Crippen LogP contribution in [-0.2, 0) is 0 Å². The maximum atomic E-state index is 15.0. The van der Waals surface area contributed by atoms with Crippen molar-refractivity contribution in [2.45, 2.75) is 19.4 Å². The van der Waals surface area contributed by atoms with Crippen molar-refractivity contribution in [3.8, 4) is 17.0 Å². The summed E-state index contributed by atoms with van der Waals surface area (Å²) in [5.41, 5.74) is 1.81. The third-order valence-electron chi connectivity index (χ3n) is 5.21. The fraction of sp³-hybridized carbons (Fsp3) is 0.120. The molecule has 4 aromatic rings. The molecule has 0 spiro atoms. The number of amides is 1. The number of halogens is 2. The van der Waals surface area contributed by atoms with Crippen molar-refractivity contribution >= 4 is 39.4 Å². The van der Waals surface area contributed by atoms with Gasteiger partial charge in [-0.15, -0.1) is 0 Å². The van der Waals surface area contributed by atoms with E-state index < -0.39 is 11.7 Å². The first-order chi connectivity index (χ1) is 15.0. The van der Waals surface area contributed by atoms with Crippen LogP contribution in [0.15, 0.2) is 72.8 Å². The lowest BCUT2D eigenvalue weighted by Gasteiger charge is -2.19. The van der Waals surface area contributed by atoms with Crippen LogP contribution in [0, 0.1) is 9.39 Å². The Labute approximate surface area is 193 Å². The number of aromatic hydroxyl groups is 1. The number of fused-ring (bicyclic) bond motifs is 1. The Morgan fingerprint density at radius 1 is 1.06 bits per heavy atom. The highest BCUT2D eigenvalue weighted by Crippen LogP contribution is 2.37. The molecular weight excluding hydrogens is 506 g/mol. The molecule has 0 aliphatic rings. The van der Waals surface area contributed by atoms with E-state index in [1.807, 2.05) is 65.9 Å². The molecule has 0 unspecified atom stereocenters. The Morgan fingerprint density at radius 2 is 1.71 bits per heavy atom. The lowest BCUT2D eigenvalue weighted by atomic mass is 10.00. The van der Waals surface area contributed by atoms with E-state index in [9.17, 15) is 14.3 Å². The topological polar surface area (TPSA) is 62.2 Å². The van der Waals surface area contributed by atoms with Gasteiger partial charge in [0.25, 0.3) is 5.91 Å². The number of aromatic nitrogens is 1. The fourth-order valence-corrected chi connectivity index (χ4v) is 4.06. The van der Waals surface area contributed by atoms with Crippen molar-refractivity contribution < 1.29 is 14.3 Å². The molecule has 0 bridgehead atoms. The van der Waals surface area contributed by atoms with Crippen LogP contribution in [0.25, 0.3) is 22.2 Å². The van der Waals surface area contributed by atoms with Crippen molar-refractivity contribution in [2.75, 3.05) is 0 Å². The Hall–Kier alpha value is -3.00. The fourth-order valence-electron chi connectivity index (χ4n) is 3.63. The monoisotopic (exact) mass is 526 g/mol. The van der Waals surface area contributed by atoms with Gasteiger partial charge in [0, 0.05) is 10.9 Å². The van der Waals surface area contributed by atoms with E-state index in [-0.39, 0.29) is 34.0 Å². The highest BCUT2D eigenvalue weighted by Gasteiger charge is 2.25. The molecule has 0 fully saturated rings. The van der Waals surface area contributed by atoms with Crippen LogP contribution in [0.4, 0.5) is 4.39 Å². The molecule has 4 rings (SSSR count). The van der Waals surface area contributed by atoms with Gasteiger partial charge >= 0.3 is 0 Å². The molecule has 1 aromatic heterocycles. The third-order valence-corrected chi connectivity index (χ3v) is 6.05. The molecular formula is C25H20FIN2O2. The average molecular weight is 526 g/mol. The molecule has 1 heterocycles. The smallest absolute Gasteiger partial charge is 0.256 e. The van der Waals surface area contributed by atoms with E-state index in [1.165, 1.54) is 0 Å². The molecule has 0 aliphatic heterocycles. The first kappa shape index (κ1) is 21.2. The van der Waals surface area contributed by atoms with E-state index in [2.05, 4.69) is 10.3 Å². The average Bonchev–Trinajstić information content (AvgIpc) is 2.80. The van der Waals surface area contributed by atoms with E-state index in [0.717, 1.165) is 5.56 Å². The van der Waals surface area contributed by atoms with Gasteiger partial charge in [-0.1, -0.05) is 73.7 Å². The minimum absolute atomic E-state index is 0.0218. The number of carbonyl (C=O) groups excluding carboxylic acids is 1. The number of carbonyl (C=O) groups is 1. The van der Waals surface area contributed by atoms with Crippen LogP contribution in [0.3, 0.4) is 0 Å². The summed E-state index contributed by atoms with van der Waals surface area (Å²) in [5, 5.41) is 14.3. The van der Waals surface area contributed by atoms with Crippen LogP contribution < -0.4 is 5.32 Å². The van der Waals surface area contributed by atoms with Gasteiger partial charge in [-0.2, -0.15) is 0 Å². The second-order valence-corrected chi connectivity index (χ2v) is 8.31. The molecule has 0 saturated heterocycles. The largest absolute Gasteiger partial charge is 0.505 e. The standard InChI is InChI=1S/C25H20FIN2O2/c1-2-19(15-9-5-3-6-10-15)28-25(31)20-17-13-14-18(27)21(26)23(17)29-22(24(20)30)16-11-7-4-8-12-16/h3-14,19,30H,2H2,1H3,(H,28,31)/t19-/m0/s1. The van der Waals surface area contributed by atoms with Crippen molar-refractivity contribution in [1.82, 2.24) is 10.3 Å². The molecule has 4 nitrogen and oxygen atoms in total. The molecule has 1 amide bonds. The quantitative estimate of drug-likeness (QED) is 0.303. The Bertz CT molecular complexity index is 1250. The van der Waals surface area contributed by atoms with E-state index in [4.69, 9.17) is 0 Å². The molecule has 2 N–H and O–H groups in total. The van der Waals surface area contributed by atoms with E-state index in [1.54, 1.807) is 36.4 Å². The summed E-state index contributed by atoms with van der Waals surface area (Å²) in [5.74, 6) is -1.25. The van der Waals surface area contributed by atoms with Gasteiger partial charge in [0.2, 0.25) is 0 Å². The lowest BCUT2D eigenvalue weighted by molar-refractivity contribution is 0.0934. The minimum Gasteiger partial charge on any atom is -0.505 e. The van der Waals surface area contributed by atoms with Crippen LogP contribution in [0.1, 0.15) is 35.3 Å². The summed E-state index contributed by atoms with van der Waals surface area (Å²) in [4.78, 5) is 17.8. The number of rotatable bonds is 5. The first-order valence-corrected chi connectivity index (χ1v) is 11.0. The SMILES string of the molecule is CC[C@H](NC(=O)c1c(O)c(-c2ccccc2)nc2c(F)c(I)ccc12)c1ccccc1. The van der Waals surface area contributed by atoms with Crippen LogP contribution in [0.2, 0.25) is 0 Å². The molecule has 1 atom stereocenters. The van der Waals surface area contributed by atoms with E-state index in [0.29, 0.717) is 15.6 Å². The van der Waals surface area contributed by atoms with Crippen LogP contribution in [-0.4, -0.2) is 16.0 Å². The second-order valence-electron chi connectivity index (χ2n) is 7.15. The van der Waals surface area contributed by atoms with Gasteiger partial charge < -0.3 is 10.4 Å².